The van der Waals surface area contributed by atoms with Crippen LogP contribution in [0.4, 0.5) is 17.2 Å². The number of nitrogens with zero attached hydrogens (tertiary/aromatic N) is 3. The molecular weight excluding hydrogens is 312 g/mol. The van der Waals surface area contributed by atoms with Crippen molar-refractivity contribution in [2.75, 3.05) is 5.32 Å². The van der Waals surface area contributed by atoms with Gasteiger partial charge in [0.05, 0.1) is 10.6 Å². The van der Waals surface area contributed by atoms with Gasteiger partial charge in [-0.25, -0.2) is 9.97 Å². The van der Waals surface area contributed by atoms with Gasteiger partial charge in [0, 0.05) is 17.2 Å². The molecule has 0 aliphatic carbocycles. The summed E-state index contributed by atoms with van der Waals surface area (Å²) in [6, 6.07) is 16.6. The van der Waals surface area contributed by atoms with Gasteiger partial charge in [0.25, 0.3) is 5.69 Å². The molecule has 1 aromatic carbocycles. The second kappa shape index (κ2) is 6.89. The molecule has 3 aromatic rings. The van der Waals surface area contributed by atoms with Crippen molar-refractivity contribution in [2.45, 2.75) is 9.92 Å². The number of hydrogen-bond donors (Lipinski definition) is 1. The molecule has 23 heavy (non-hydrogen) atoms. The molecule has 0 spiro atoms. The summed E-state index contributed by atoms with van der Waals surface area (Å²) in [5.41, 5.74) is 0.753. The molecule has 1 N–H and O–H groups in total. The van der Waals surface area contributed by atoms with Crippen LogP contribution in [0.1, 0.15) is 0 Å². The molecule has 0 saturated carbocycles. The van der Waals surface area contributed by atoms with E-state index in [0.717, 1.165) is 15.6 Å². The van der Waals surface area contributed by atoms with Crippen molar-refractivity contribution >= 4 is 29.0 Å². The highest BCUT2D eigenvalue weighted by Crippen LogP contribution is 2.32. The number of aromatic nitrogens is 2. The van der Waals surface area contributed by atoms with Gasteiger partial charge in [0.1, 0.15) is 17.0 Å². The maximum atomic E-state index is 10.7. The molecule has 0 aliphatic heterocycles. The normalized spacial score (nSPS) is 10.3. The van der Waals surface area contributed by atoms with Crippen molar-refractivity contribution in [3.8, 4) is 0 Å². The first-order valence-electron chi connectivity index (χ1n) is 6.78. The van der Waals surface area contributed by atoms with Crippen molar-refractivity contribution in [1.29, 1.82) is 0 Å². The van der Waals surface area contributed by atoms with Gasteiger partial charge in [0.2, 0.25) is 0 Å². The van der Waals surface area contributed by atoms with Crippen LogP contribution in [0.3, 0.4) is 0 Å². The van der Waals surface area contributed by atoms with Gasteiger partial charge < -0.3 is 5.32 Å². The Bertz CT molecular complexity index is 810. The SMILES string of the molecule is O=[N+]([O-])c1ccc(Nc2cccnc2Sc2ccccc2)nc1. The van der Waals surface area contributed by atoms with E-state index in [1.807, 2.05) is 42.5 Å². The lowest BCUT2D eigenvalue weighted by Crippen LogP contribution is -1.97. The molecule has 2 heterocycles. The summed E-state index contributed by atoms with van der Waals surface area (Å²) in [7, 11) is 0. The molecule has 0 fully saturated rings. The number of rotatable bonds is 5. The summed E-state index contributed by atoms with van der Waals surface area (Å²) in [5.74, 6) is 0.526. The van der Waals surface area contributed by atoms with Crippen LogP contribution in [0, 0.1) is 10.1 Å². The van der Waals surface area contributed by atoms with E-state index in [0.29, 0.717) is 5.82 Å². The third-order valence-electron chi connectivity index (χ3n) is 2.95. The smallest absolute Gasteiger partial charge is 0.287 e. The zero-order valence-electron chi connectivity index (χ0n) is 11.9. The number of benzene rings is 1. The minimum Gasteiger partial charge on any atom is -0.338 e. The lowest BCUT2D eigenvalue weighted by Gasteiger charge is -2.09. The average molecular weight is 324 g/mol. The van der Waals surface area contributed by atoms with E-state index in [-0.39, 0.29) is 5.69 Å². The fraction of sp³-hybridized carbons (Fsp3) is 0. The molecule has 2 aromatic heterocycles. The average Bonchev–Trinajstić information content (AvgIpc) is 2.58. The first-order chi connectivity index (χ1) is 11.2. The maximum absolute atomic E-state index is 10.7. The van der Waals surface area contributed by atoms with E-state index < -0.39 is 4.92 Å². The Hall–Kier alpha value is -2.93. The van der Waals surface area contributed by atoms with E-state index in [1.165, 1.54) is 24.0 Å². The summed E-state index contributed by atoms with van der Waals surface area (Å²) >= 11 is 1.53. The number of pyridine rings is 2. The van der Waals surface area contributed by atoms with Crippen LogP contribution < -0.4 is 5.32 Å². The largest absolute Gasteiger partial charge is 0.338 e. The summed E-state index contributed by atoms with van der Waals surface area (Å²) < 4.78 is 0. The summed E-state index contributed by atoms with van der Waals surface area (Å²) in [6.07, 6.45) is 2.95. The van der Waals surface area contributed by atoms with Crippen LogP contribution in [0.25, 0.3) is 0 Å². The molecule has 114 valence electrons. The van der Waals surface area contributed by atoms with E-state index in [4.69, 9.17) is 0 Å². The predicted octanol–water partition coefficient (Wildman–Crippen LogP) is 4.28. The van der Waals surface area contributed by atoms with E-state index in [1.54, 1.807) is 12.3 Å². The second-order valence-corrected chi connectivity index (χ2v) is 5.62. The highest BCUT2D eigenvalue weighted by molar-refractivity contribution is 7.99. The molecule has 0 aliphatic rings. The maximum Gasteiger partial charge on any atom is 0.287 e. The molecule has 0 saturated heterocycles. The topological polar surface area (TPSA) is 81.0 Å². The van der Waals surface area contributed by atoms with Crippen molar-refractivity contribution in [3.63, 3.8) is 0 Å². The van der Waals surface area contributed by atoms with Crippen LogP contribution >= 0.6 is 11.8 Å². The number of nitrogens with one attached hydrogen (secondary N) is 1. The van der Waals surface area contributed by atoms with E-state index in [2.05, 4.69) is 15.3 Å². The number of hydrogen-bond acceptors (Lipinski definition) is 6. The quantitative estimate of drug-likeness (QED) is 0.557. The zero-order valence-corrected chi connectivity index (χ0v) is 12.7. The minimum atomic E-state index is -0.475. The van der Waals surface area contributed by atoms with Gasteiger partial charge in [-0.1, -0.05) is 30.0 Å². The van der Waals surface area contributed by atoms with E-state index in [9.17, 15) is 10.1 Å². The first kappa shape index (κ1) is 15.0. The molecular formula is C16H12N4O2S. The van der Waals surface area contributed by atoms with Crippen LogP contribution in [0.5, 0.6) is 0 Å². The van der Waals surface area contributed by atoms with E-state index >= 15 is 0 Å². The lowest BCUT2D eigenvalue weighted by atomic mass is 10.4. The first-order valence-corrected chi connectivity index (χ1v) is 7.59. The number of anilines is 2. The zero-order chi connectivity index (χ0) is 16.1. The van der Waals surface area contributed by atoms with Crippen molar-refractivity contribution in [2.24, 2.45) is 0 Å². The Labute approximate surface area is 136 Å². The lowest BCUT2D eigenvalue weighted by molar-refractivity contribution is -0.385. The fourth-order valence-corrected chi connectivity index (χ4v) is 2.73. The number of nitro groups is 1. The van der Waals surface area contributed by atoms with Crippen LogP contribution in [-0.4, -0.2) is 14.9 Å². The molecule has 6 nitrogen and oxygen atoms in total. The molecule has 0 bridgehead atoms. The third-order valence-corrected chi connectivity index (χ3v) is 3.98. The Balaban J connectivity index is 1.81. The molecule has 7 heteroatoms. The van der Waals surface area contributed by atoms with Crippen molar-refractivity contribution in [1.82, 2.24) is 9.97 Å². The Morgan fingerprint density at radius 1 is 1.00 bits per heavy atom. The van der Waals surface area contributed by atoms with Gasteiger partial charge in [-0.2, -0.15) is 0 Å². The molecule has 0 radical (unpaired) electrons. The molecule has 0 unspecified atom stereocenters. The van der Waals surface area contributed by atoms with Gasteiger partial charge >= 0.3 is 0 Å². The Morgan fingerprint density at radius 2 is 1.83 bits per heavy atom. The van der Waals surface area contributed by atoms with Crippen molar-refractivity contribution in [3.05, 3.63) is 77.1 Å². The Kier molecular flexibility index (Phi) is 4.49. The molecule has 3 rings (SSSR count). The Morgan fingerprint density at radius 3 is 2.52 bits per heavy atom. The highest BCUT2D eigenvalue weighted by Gasteiger charge is 2.09. The third kappa shape index (κ3) is 3.83. The second-order valence-electron chi connectivity index (χ2n) is 4.55. The summed E-state index contributed by atoms with van der Waals surface area (Å²) in [4.78, 5) is 19.7. The minimum absolute atomic E-state index is 0.0411. The van der Waals surface area contributed by atoms with Gasteiger partial charge in [-0.15, -0.1) is 0 Å². The summed E-state index contributed by atoms with van der Waals surface area (Å²) in [5, 5.41) is 14.6. The molecule has 0 amide bonds. The monoisotopic (exact) mass is 324 g/mol. The van der Waals surface area contributed by atoms with Gasteiger partial charge in [-0.05, 0) is 30.3 Å². The summed E-state index contributed by atoms with van der Waals surface area (Å²) in [6.45, 7) is 0. The van der Waals surface area contributed by atoms with Crippen LogP contribution in [-0.2, 0) is 0 Å². The predicted molar refractivity (Wildman–Crippen MR) is 89.0 cm³/mol. The fourth-order valence-electron chi connectivity index (χ4n) is 1.87. The molecule has 0 atom stereocenters. The van der Waals surface area contributed by atoms with Crippen LogP contribution in [0.2, 0.25) is 0 Å². The van der Waals surface area contributed by atoms with Gasteiger partial charge in [0.15, 0.2) is 0 Å². The van der Waals surface area contributed by atoms with Gasteiger partial charge in [-0.3, -0.25) is 10.1 Å². The standard InChI is InChI=1S/C16H12N4O2S/c21-20(22)12-8-9-15(18-11-12)19-14-7-4-10-17-16(14)23-13-5-2-1-3-6-13/h1-11H,(H,18,19). The highest BCUT2D eigenvalue weighted by atomic mass is 32.2. The van der Waals surface area contributed by atoms with Crippen molar-refractivity contribution < 1.29 is 4.92 Å². The van der Waals surface area contributed by atoms with Crippen LogP contribution in [0.15, 0.2) is 76.9 Å².